The molecule has 148 valence electrons. The molecule has 0 unspecified atom stereocenters. The van der Waals surface area contributed by atoms with Crippen LogP contribution < -0.4 is 5.63 Å². The Labute approximate surface area is 183 Å². The molecule has 2 aromatic carbocycles. The predicted octanol–water partition coefficient (Wildman–Crippen LogP) is 7.77. The van der Waals surface area contributed by atoms with Crippen LogP contribution in [0, 0.1) is 0 Å². The molecule has 4 rings (SSSR count). The molecule has 0 N–H and O–H groups in total. The second-order valence-corrected chi connectivity index (χ2v) is 15.0. The molecule has 2 aliphatic rings. The molecule has 0 saturated heterocycles. The van der Waals surface area contributed by atoms with E-state index in [0.717, 1.165) is 12.8 Å². The minimum absolute atomic E-state index is 0.207. The van der Waals surface area contributed by atoms with Crippen LogP contribution in [0.3, 0.4) is 0 Å². The van der Waals surface area contributed by atoms with Gasteiger partial charge in [-0.05, 0) is 0 Å². The molecule has 2 aliphatic carbocycles. The van der Waals surface area contributed by atoms with E-state index < -0.39 is 21.1 Å². The Morgan fingerprint density at radius 2 is 1.07 bits per heavy atom. The number of rotatable bonds is 8. The van der Waals surface area contributed by atoms with Crippen molar-refractivity contribution in [3.05, 3.63) is 91.5 Å². The van der Waals surface area contributed by atoms with Crippen LogP contribution in [0.15, 0.2) is 101 Å². The van der Waals surface area contributed by atoms with Gasteiger partial charge in [0.25, 0.3) is 0 Å². The number of hydrogen-bond donors (Lipinski definition) is 0. The summed E-state index contributed by atoms with van der Waals surface area (Å²) >= 11 is -3.64. The quantitative estimate of drug-likeness (QED) is 0.363. The summed E-state index contributed by atoms with van der Waals surface area (Å²) in [5.41, 5.74) is 0. The first kappa shape index (κ1) is 20.7. The average molecular weight is 508 g/mol. The molecule has 7 heteroatoms. The number of allylic oxidation sites excluding steroid dienone is 8. The Hall–Kier alpha value is -1.56. The average Bonchev–Trinajstić information content (AvgIpc) is 3.49. The van der Waals surface area contributed by atoms with Crippen molar-refractivity contribution in [2.45, 2.75) is 22.6 Å². The summed E-state index contributed by atoms with van der Waals surface area (Å²) in [7, 11) is 0. The van der Waals surface area contributed by atoms with Gasteiger partial charge in [-0.15, -0.1) is 0 Å². The Morgan fingerprint density at radius 3 is 1.38 bits per heavy atom. The molecule has 29 heavy (non-hydrogen) atoms. The number of hydrogen-bond acceptors (Lipinski definition) is 4. The van der Waals surface area contributed by atoms with Gasteiger partial charge in [-0.25, -0.2) is 0 Å². The van der Waals surface area contributed by atoms with Gasteiger partial charge in [0.05, 0.1) is 0 Å². The molecule has 0 heterocycles. The monoisotopic (exact) mass is 506 g/mol. The van der Waals surface area contributed by atoms with Crippen molar-refractivity contribution in [3.63, 3.8) is 0 Å². The van der Waals surface area contributed by atoms with E-state index in [-0.39, 0.29) is 24.3 Å². The van der Waals surface area contributed by atoms with Crippen LogP contribution in [0.5, 0.6) is 11.5 Å². The van der Waals surface area contributed by atoms with Crippen LogP contribution in [0.4, 0.5) is 7.77 Å². The fourth-order valence-corrected chi connectivity index (χ4v) is 12.0. The molecular weight excluding hydrogens is 490 g/mol. The van der Waals surface area contributed by atoms with Crippen molar-refractivity contribution in [2.75, 3.05) is 0 Å². The van der Waals surface area contributed by atoms with Gasteiger partial charge in [0.15, 0.2) is 0 Å². The molecule has 0 spiro atoms. The van der Waals surface area contributed by atoms with Crippen LogP contribution in [0.2, 0.25) is 0 Å². The van der Waals surface area contributed by atoms with Crippen LogP contribution in [0.25, 0.3) is 0 Å². The summed E-state index contributed by atoms with van der Waals surface area (Å²) in [6, 6.07) is 13.9. The molecule has 0 fully saturated rings. The summed E-state index contributed by atoms with van der Waals surface area (Å²) in [4.78, 5) is 1.06. The van der Waals surface area contributed by atoms with Gasteiger partial charge in [-0.1, -0.05) is 0 Å². The van der Waals surface area contributed by atoms with E-state index >= 15 is 0 Å². The fraction of sp³-hybridized carbons (Fsp3) is 0.0909. The third-order valence-electron chi connectivity index (χ3n) is 4.74. The zero-order chi connectivity index (χ0) is 20.1. The molecule has 0 amide bonds. The number of benzene rings is 2. The van der Waals surface area contributed by atoms with Crippen LogP contribution in [0.1, 0.15) is 12.8 Å². The van der Waals surface area contributed by atoms with Gasteiger partial charge < -0.3 is 0 Å². The van der Waals surface area contributed by atoms with Gasteiger partial charge in [0.2, 0.25) is 0 Å². The minimum atomic E-state index is -4.05. The van der Waals surface area contributed by atoms with E-state index in [9.17, 15) is 7.77 Å². The Kier molecular flexibility index (Phi) is 6.78. The predicted molar refractivity (Wildman–Crippen MR) is 112 cm³/mol. The van der Waals surface area contributed by atoms with Crippen molar-refractivity contribution < 1.29 is 34.5 Å². The van der Waals surface area contributed by atoms with E-state index in [4.69, 9.17) is 5.63 Å². The first-order chi connectivity index (χ1) is 14.2. The topological polar surface area (TPSA) is 18.5 Å². The van der Waals surface area contributed by atoms with E-state index in [1.54, 1.807) is 48.5 Å². The van der Waals surface area contributed by atoms with Crippen LogP contribution >= 0.6 is 24.3 Å². The molecule has 0 aliphatic heterocycles. The van der Waals surface area contributed by atoms with E-state index in [0.29, 0.717) is 21.3 Å². The van der Waals surface area contributed by atoms with Crippen molar-refractivity contribution in [1.82, 2.24) is 0 Å². The summed E-state index contributed by atoms with van der Waals surface area (Å²) in [5, 5.41) is 0. The van der Waals surface area contributed by atoms with Crippen LogP contribution in [-0.4, -0.2) is 0 Å². The van der Waals surface area contributed by atoms with Gasteiger partial charge >= 0.3 is 185 Å². The molecule has 0 bridgehead atoms. The Morgan fingerprint density at radius 1 is 0.655 bits per heavy atom. The van der Waals surface area contributed by atoms with E-state index in [1.807, 2.05) is 12.2 Å². The molecule has 0 atom stereocenters. The molecule has 0 aromatic heterocycles. The van der Waals surface area contributed by atoms with E-state index in [1.165, 1.54) is 6.56 Å². The zero-order valence-electron chi connectivity index (χ0n) is 15.4. The van der Waals surface area contributed by atoms with Crippen molar-refractivity contribution in [1.29, 1.82) is 0 Å². The first-order valence-corrected chi connectivity index (χ1v) is 15.0. The molecule has 0 radical (unpaired) electrons. The molecular formula is C22H18F2O2S2Zr. The fourth-order valence-electron chi connectivity index (χ4n) is 3.32. The third kappa shape index (κ3) is 4.63. The number of halogens is 2. The second-order valence-electron chi connectivity index (χ2n) is 6.57. The summed E-state index contributed by atoms with van der Waals surface area (Å²) in [5.74, 6) is 1.32. The van der Waals surface area contributed by atoms with Crippen molar-refractivity contribution >= 4 is 24.3 Å². The SMILES string of the molecule is FSc1ccc([O][Zr]([O]c2ccc(SF)cc2)([C]2=CC=CC2)[C]2=CC=CC2)cc1. The molecule has 0 saturated carbocycles. The summed E-state index contributed by atoms with van der Waals surface area (Å²) < 4.78 is 41.4. The van der Waals surface area contributed by atoms with Gasteiger partial charge in [-0.2, -0.15) is 0 Å². The normalized spacial score (nSPS) is 15.4. The first-order valence-electron chi connectivity index (χ1n) is 9.11. The maximum atomic E-state index is 12.8. The van der Waals surface area contributed by atoms with Gasteiger partial charge in [-0.3, -0.25) is 0 Å². The van der Waals surface area contributed by atoms with Gasteiger partial charge in [0, 0.05) is 0 Å². The van der Waals surface area contributed by atoms with E-state index in [2.05, 4.69) is 24.3 Å². The van der Waals surface area contributed by atoms with Crippen molar-refractivity contribution in [3.8, 4) is 11.5 Å². The maximum absolute atomic E-state index is 12.8. The Bertz CT molecular complexity index is 901. The molecule has 2 nitrogen and oxygen atoms in total. The van der Waals surface area contributed by atoms with Crippen LogP contribution in [-0.2, 0) is 21.1 Å². The van der Waals surface area contributed by atoms with Gasteiger partial charge in [0.1, 0.15) is 0 Å². The summed E-state index contributed by atoms with van der Waals surface area (Å²) in [6.45, 7) is 0. The molecule has 2 aromatic rings. The zero-order valence-corrected chi connectivity index (χ0v) is 19.5. The second kappa shape index (κ2) is 9.50. The Balaban J connectivity index is 1.74. The third-order valence-corrected chi connectivity index (χ3v) is 14.2. The summed E-state index contributed by atoms with van der Waals surface area (Å²) in [6.07, 6.45) is 14.0. The van der Waals surface area contributed by atoms with Crippen molar-refractivity contribution in [2.24, 2.45) is 0 Å². The standard InChI is InChI=1S/2C6H5FOS.2C5H5.Zr/c2*7-9-6-3-1-5(8)2-4-6;2*1-2-4-5-3-1;/h2*1-4,8H;2*1-3H,4H2;/q;;;;+2/p-2.